The van der Waals surface area contributed by atoms with Crippen LogP contribution in [0.3, 0.4) is 0 Å². The highest BCUT2D eigenvalue weighted by molar-refractivity contribution is 7.80. The number of furan rings is 1. The number of carbonyl (C=O) groups excluding carboxylic acids is 1. The summed E-state index contributed by atoms with van der Waals surface area (Å²) in [5, 5.41) is 5.64. The molecule has 0 aliphatic carbocycles. The predicted octanol–water partition coefficient (Wildman–Crippen LogP) is 1.37. The molecule has 2 rings (SSSR count). The minimum atomic E-state index is -0.497. The molecule has 7 nitrogen and oxygen atoms in total. The number of halogens is 1. The number of nitrogens with one attached hydrogen (secondary N) is 1. The van der Waals surface area contributed by atoms with E-state index in [1.165, 1.54) is 16.0 Å². The van der Waals surface area contributed by atoms with Crippen LogP contribution in [-0.2, 0) is 13.6 Å². The van der Waals surface area contributed by atoms with Crippen LogP contribution in [0.1, 0.15) is 21.9 Å². The number of aromatic nitrogens is 2. The third-order valence-corrected chi connectivity index (χ3v) is 3.55. The zero-order valence-corrected chi connectivity index (χ0v) is 13.0. The second kappa shape index (κ2) is 6.15. The minimum Gasteiger partial charge on any atom is -0.467 e. The van der Waals surface area contributed by atoms with E-state index < -0.39 is 5.91 Å². The molecule has 0 aromatic carbocycles. The fourth-order valence-electron chi connectivity index (χ4n) is 1.63. The first kappa shape index (κ1) is 15.3. The number of amides is 1. The number of rotatable bonds is 3. The fourth-order valence-corrected chi connectivity index (χ4v) is 1.99. The van der Waals surface area contributed by atoms with Crippen molar-refractivity contribution in [2.24, 2.45) is 12.8 Å². The van der Waals surface area contributed by atoms with Crippen molar-refractivity contribution in [1.29, 1.82) is 0 Å². The summed E-state index contributed by atoms with van der Waals surface area (Å²) < 4.78 is 6.72. The van der Waals surface area contributed by atoms with E-state index in [2.05, 4.69) is 10.5 Å². The van der Waals surface area contributed by atoms with Crippen LogP contribution in [0.5, 0.6) is 0 Å². The molecule has 9 heteroatoms. The molecule has 2 aromatic rings. The Morgan fingerprint density at radius 3 is 2.86 bits per heavy atom. The highest BCUT2D eigenvalue weighted by atomic mass is 35.5. The molecule has 0 saturated carbocycles. The maximum Gasteiger partial charge on any atom is 0.291 e. The van der Waals surface area contributed by atoms with Gasteiger partial charge in [-0.2, -0.15) is 5.10 Å². The van der Waals surface area contributed by atoms with Crippen molar-refractivity contribution in [2.45, 2.75) is 13.5 Å². The molecule has 112 valence electrons. The van der Waals surface area contributed by atoms with Crippen LogP contribution in [-0.4, -0.2) is 25.8 Å². The minimum absolute atomic E-state index is 0.00326. The normalized spacial score (nSPS) is 10.4. The van der Waals surface area contributed by atoms with Crippen LogP contribution < -0.4 is 11.2 Å². The number of hydrogen-bond donors (Lipinski definition) is 2. The summed E-state index contributed by atoms with van der Waals surface area (Å²) in [6.07, 6.45) is 1.52. The van der Waals surface area contributed by atoms with Crippen LogP contribution in [0, 0.1) is 6.92 Å². The molecule has 0 unspecified atom stereocenters. The van der Waals surface area contributed by atoms with Gasteiger partial charge in [-0.1, -0.05) is 11.6 Å². The van der Waals surface area contributed by atoms with Gasteiger partial charge in [0.1, 0.15) is 5.76 Å². The molecule has 0 spiro atoms. The second-order valence-electron chi connectivity index (χ2n) is 4.32. The predicted molar refractivity (Wildman–Crippen MR) is 81.5 cm³/mol. The van der Waals surface area contributed by atoms with Gasteiger partial charge in [0.05, 0.1) is 23.5 Å². The highest BCUT2D eigenvalue weighted by Crippen LogP contribution is 2.19. The molecule has 0 saturated heterocycles. The van der Waals surface area contributed by atoms with Crippen molar-refractivity contribution in [3.63, 3.8) is 0 Å². The Morgan fingerprint density at radius 1 is 1.67 bits per heavy atom. The number of thiocarbonyl (C=S) groups is 1. The molecule has 0 radical (unpaired) electrons. The number of aryl methyl sites for hydroxylation is 1. The molecule has 3 N–H and O–H groups in total. The average Bonchev–Trinajstić information content (AvgIpc) is 3.02. The van der Waals surface area contributed by atoms with Crippen molar-refractivity contribution in [3.8, 4) is 0 Å². The van der Waals surface area contributed by atoms with E-state index in [0.29, 0.717) is 11.5 Å². The number of hydrogen-bond acceptors (Lipinski definition) is 4. The first-order valence-corrected chi connectivity index (χ1v) is 6.78. The van der Waals surface area contributed by atoms with Gasteiger partial charge in [0.25, 0.3) is 5.91 Å². The Hall–Kier alpha value is -2.06. The lowest BCUT2D eigenvalue weighted by Gasteiger charge is -2.21. The molecule has 2 heterocycles. The number of nitrogens with two attached hydrogens (primary N) is 1. The Kier molecular flexibility index (Phi) is 4.49. The first-order chi connectivity index (χ1) is 9.90. The summed E-state index contributed by atoms with van der Waals surface area (Å²) in [4.78, 5) is 12.2. The molecule has 2 aromatic heterocycles. The van der Waals surface area contributed by atoms with Gasteiger partial charge >= 0.3 is 0 Å². The van der Waals surface area contributed by atoms with E-state index in [4.69, 9.17) is 34.0 Å². The summed E-state index contributed by atoms with van der Waals surface area (Å²) in [7, 11) is 1.70. The molecule has 0 aliphatic rings. The van der Waals surface area contributed by atoms with Gasteiger partial charge in [-0.15, -0.1) is 0 Å². The topological polar surface area (TPSA) is 89.3 Å². The molecule has 21 heavy (non-hydrogen) atoms. The summed E-state index contributed by atoms with van der Waals surface area (Å²) in [6, 6.07) is 3.48. The zero-order valence-electron chi connectivity index (χ0n) is 11.5. The Labute approximate surface area is 131 Å². The lowest BCUT2D eigenvalue weighted by atomic mass is 10.3. The van der Waals surface area contributed by atoms with Gasteiger partial charge in [-0.25, -0.2) is 0 Å². The monoisotopic (exact) mass is 327 g/mol. The Balaban J connectivity index is 2.14. The van der Waals surface area contributed by atoms with Crippen molar-refractivity contribution in [3.05, 3.63) is 40.6 Å². The Bertz CT molecular complexity index is 667. The molecule has 0 fully saturated rings. The van der Waals surface area contributed by atoms with E-state index in [0.717, 1.165) is 0 Å². The van der Waals surface area contributed by atoms with Crippen LogP contribution in [0.2, 0.25) is 5.02 Å². The van der Waals surface area contributed by atoms with Gasteiger partial charge in [0.2, 0.25) is 0 Å². The van der Waals surface area contributed by atoms with Crippen molar-refractivity contribution in [2.75, 3.05) is 0 Å². The van der Waals surface area contributed by atoms with Gasteiger partial charge in [-0.05, 0) is 31.3 Å². The summed E-state index contributed by atoms with van der Waals surface area (Å²) in [6.45, 7) is 1.97. The zero-order chi connectivity index (χ0) is 15.6. The molecule has 0 aliphatic heterocycles. The van der Waals surface area contributed by atoms with Gasteiger partial charge in [-0.3, -0.25) is 19.9 Å². The summed E-state index contributed by atoms with van der Waals surface area (Å²) in [5.41, 5.74) is 8.95. The molecule has 1 amide bonds. The number of hydrazine groups is 1. The maximum absolute atomic E-state index is 12.2. The average molecular weight is 328 g/mol. The smallest absolute Gasteiger partial charge is 0.291 e. The van der Waals surface area contributed by atoms with Crippen LogP contribution in [0.15, 0.2) is 22.8 Å². The first-order valence-electron chi connectivity index (χ1n) is 5.99. The van der Waals surface area contributed by atoms with Crippen molar-refractivity contribution < 1.29 is 9.21 Å². The quantitative estimate of drug-likeness (QED) is 0.653. The van der Waals surface area contributed by atoms with Gasteiger partial charge in [0.15, 0.2) is 10.8 Å². The fraction of sp³-hybridized carbons (Fsp3) is 0.250. The Morgan fingerprint density at radius 2 is 2.38 bits per heavy atom. The summed E-state index contributed by atoms with van der Waals surface area (Å²) in [5.74, 6) is 0.106. The number of nitrogens with zero attached hydrogens (tertiary/aromatic N) is 3. The van der Waals surface area contributed by atoms with E-state index in [-0.39, 0.29) is 22.4 Å². The SMILES string of the molecule is Cc1c(Cl)c(C(=O)NN(Cc2ccco2)C(N)=S)nn1C. The van der Waals surface area contributed by atoms with E-state index >= 15 is 0 Å². The third kappa shape index (κ3) is 3.34. The van der Waals surface area contributed by atoms with Crippen molar-refractivity contribution >= 4 is 34.8 Å². The van der Waals surface area contributed by atoms with E-state index in [1.54, 1.807) is 26.1 Å². The van der Waals surface area contributed by atoms with E-state index in [1.807, 2.05) is 0 Å². The lowest BCUT2D eigenvalue weighted by molar-refractivity contribution is 0.0855. The molecule has 0 bridgehead atoms. The van der Waals surface area contributed by atoms with Gasteiger partial charge < -0.3 is 10.2 Å². The third-order valence-electron chi connectivity index (χ3n) is 2.87. The number of carbonyl (C=O) groups is 1. The van der Waals surface area contributed by atoms with Crippen molar-refractivity contribution in [1.82, 2.24) is 20.2 Å². The maximum atomic E-state index is 12.2. The second-order valence-corrected chi connectivity index (χ2v) is 5.11. The largest absolute Gasteiger partial charge is 0.467 e. The van der Waals surface area contributed by atoms with Crippen LogP contribution >= 0.6 is 23.8 Å². The van der Waals surface area contributed by atoms with E-state index in [9.17, 15) is 4.79 Å². The molecular formula is C12H14ClN5O2S. The van der Waals surface area contributed by atoms with Gasteiger partial charge in [0, 0.05) is 7.05 Å². The standard InChI is InChI=1S/C12H14ClN5O2S/c1-7-9(13)10(15-17(7)2)11(19)16-18(12(14)21)6-8-4-3-5-20-8/h3-5H,6H2,1-2H3,(H2,14,21)(H,16,19). The molecule has 0 atom stereocenters. The summed E-state index contributed by atoms with van der Waals surface area (Å²) >= 11 is 11.0. The highest BCUT2D eigenvalue weighted by Gasteiger charge is 2.21. The lowest BCUT2D eigenvalue weighted by Crippen LogP contribution is -2.48. The molecular weight excluding hydrogens is 314 g/mol. The van der Waals surface area contributed by atoms with Crippen LogP contribution in [0.4, 0.5) is 0 Å². The van der Waals surface area contributed by atoms with Crippen LogP contribution in [0.25, 0.3) is 0 Å².